The summed E-state index contributed by atoms with van der Waals surface area (Å²) in [6.07, 6.45) is 3.27. The van der Waals surface area contributed by atoms with Crippen LogP contribution in [0.2, 0.25) is 0 Å². The highest BCUT2D eigenvalue weighted by atomic mass is 32.2. The molecule has 0 radical (unpaired) electrons. The van der Waals surface area contributed by atoms with Gasteiger partial charge in [-0.05, 0) is 30.9 Å². The summed E-state index contributed by atoms with van der Waals surface area (Å²) in [6.45, 7) is 1.92. The number of aromatic nitrogens is 1. The zero-order chi connectivity index (χ0) is 13.7. The van der Waals surface area contributed by atoms with Crippen molar-refractivity contribution in [1.29, 1.82) is 0 Å². The molecule has 19 heavy (non-hydrogen) atoms. The monoisotopic (exact) mass is 285 g/mol. The molecule has 0 saturated carbocycles. The van der Waals surface area contributed by atoms with Crippen LogP contribution < -0.4 is 10.0 Å². The van der Waals surface area contributed by atoms with Crippen molar-refractivity contribution in [2.45, 2.75) is 17.9 Å². The number of rotatable bonds is 6. The van der Waals surface area contributed by atoms with Gasteiger partial charge in [0.05, 0.1) is 5.69 Å². The number of sulfonamides is 1. The van der Waals surface area contributed by atoms with Gasteiger partial charge in [-0.15, -0.1) is 0 Å². The van der Waals surface area contributed by atoms with Gasteiger partial charge < -0.3 is 10.1 Å². The third-order valence-corrected chi connectivity index (χ3v) is 4.58. The predicted molar refractivity (Wildman–Crippen MR) is 72.5 cm³/mol. The van der Waals surface area contributed by atoms with Gasteiger partial charge in [-0.1, -0.05) is 0 Å². The first-order chi connectivity index (χ1) is 9.13. The van der Waals surface area contributed by atoms with Gasteiger partial charge >= 0.3 is 0 Å². The van der Waals surface area contributed by atoms with Gasteiger partial charge in [0, 0.05) is 33.0 Å². The molecule has 106 valence electrons. The smallest absolute Gasteiger partial charge is 0.260 e. The Hall–Kier alpha value is -1.18. The second-order valence-corrected chi connectivity index (χ2v) is 6.20. The van der Waals surface area contributed by atoms with E-state index in [1.54, 1.807) is 19.2 Å². The van der Waals surface area contributed by atoms with Crippen LogP contribution >= 0.6 is 0 Å². The molecule has 1 aromatic rings. The van der Waals surface area contributed by atoms with E-state index in [0.29, 0.717) is 18.2 Å². The van der Waals surface area contributed by atoms with Gasteiger partial charge in [0.1, 0.15) is 0 Å². The van der Waals surface area contributed by atoms with E-state index >= 15 is 0 Å². The summed E-state index contributed by atoms with van der Waals surface area (Å²) in [5, 5.41) is 2.87. The minimum absolute atomic E-state index is 0.0418. The summed E-state index contributed by atoms with van der Waals surface area (Å²) in [7, 11) is -1.89. The Morgan fingerprint density at radius 3 is 3.05 bits per heavy atom. The Morgan fingerprint density at radius 2 is 2.37 bits per heavy atom. The first-order valence-electron chi connectivity index (χ1n) is 6.33. The van der Waals surface area contributed by atoms with E-state index in [2.05, 4.69) is 15.0 Å². The molecule has 1 aromatic heterocycles. The highest BCUT2D eigenvalue weighted by Gasteiger charge is 2.21. The van der Waals surface area contributed by atoms with Crippen LogP contribution in [0.5, 0.6) is 0 Å². The first-order valence-corrected chi connectivity index (χ1v) is 7.82. The van der Waals surface area contributed by atoms with Gasteiger partial charge in [-0.2, -0.15) is 0 Å². The van der Waals surface area contributed by atoms with Crippen LogP contribution in [0.15, 0.2) is 23.4 Å². The van der Waals surface area contributed by atoms with E-state index < -0.39 is 10.0 Å². The lowest BCUT2D eigenvalue weighted by Gasteiger charge is -2.11. The van der Waals surface area contributed by atoms with E-state index in [1.165, 1.54) is 6.20 Å². The molecule has 1 atom stereocenters. The molecule has 2 N–H and O–H groups in total. The number of pyridine rings is 1. The summed E-state index contributed by atoms with van der Waals surface area (Å²) >= 11 is 0. The summed E-state index contributed by atoms with van der Waals surface area (Å²) in [4.78, 5) is 3.93. The van der Waals surface area contributed by atoms with Crippen LogP contribution in [0.25, 0.3) is 0 Å². The van der Waals surface area contributed by atoms with E-state index in [9.17, 15) is 8.42 Å². The molecule has 7 heteroatoms. The highest BCUT2D eigenvalue weighted by Crippen LogP contribution is 2.18. The maximum Gasteiger partial charge on any atom is 0.260 e. The number of ether oxygens (including phenoxy) is 1. The molecule has 1 aliphatic rings. The number of anilines is 1. The van der Waals surface area contributed by atoms with Crippen molar-refractivity contribution >= 4 is 15.7 Å². The first kappa shape index (κ1) is 14.2. The molecular weight excluding hydrogens is 266 g/mol. The maximum atomic E-state index is 12.1. The van der Waals surface area contributed by atoms with Crippen LogP contribution in [0.3, 0.4) is 0 Å². The molecule has 1 unspecified atom stereocenters. The minimum Gasteiger partial charge on any atom is -0.386 e. The third kappa shape index (κ3) is 3.65. The van der Waals surface area contributed by atoms with Crippen molar-refractivity contribution < 1.29 is 13.2 Å². The fourth-order valence-corrected chi connectivity index (χ4v) is 3.25. The molecule has 0 aromatic carbocycles. The van der Waals surface area contributed by atoms with E-state index in [0.717, 1.165) is 26.1 Å². The van der Waals surface area contributed by atoms with E-state index in [-0.39, 0.29) is 5.03 Å². The Kier molecular flexibility index (Phi) is 4.73. The minimum atomic E-state index is -3.56. The van der Waals surface area contributed by atoms with Gasteiger partial charge in [-0.3, -0.25) is 0 Å². The van der Waals surface area contributed by atoms with Crippen molar-refractivity contribution in [2.24, 2.45) is 5.92 Å². The van der Waals surface area contributed by atoms with Crippen molar-refractivity contribution in [3.8, 4) is 0 Å². The lowest BCUT2D eigenvalue weighted by atomic mass is 10.1. The molecule has 6 nitrogen and oxygen atoms in total. The van der Waals surface area contributed by atoms with Crippen molar-refractivity contribution in [3.05, 3.63) is 18.3 Å². The lowest BCUT2D eigenvalue weighted by Crippen LogP contribution is -2.27. The Bertz CT molecular complexity index is 513. The average Bonchev–Trinajstić information content (AvgIpc) is 2.91. The zero-order valence-electron chi connectivity index (χ0n) is 10.9. The van der Waals surface area contributed by atoms with Crippen LogP contribution in [0, 0.1) is 5.92 Å². The predicted octanol–water partition coefficient (Wildman–Crippen LogP) is 0.828. The summed E-state index contributed by atoms with van der Waals surface area (Å²) in [5.74, 6) is 0.454. The van der Waals surface area contributed by atoms with Crippen LogP contribution in [0.4, 0.5) is 5.69 Å². The zero-order valence-corrected chi connectivity index (χ0v) is 11.7. The largest absolute Gasteiger partial charge is 0.386 e. The van der Waals surface area contributed by atoms with E-state index in [4.69, 9.17) is 4.74 Å². The summed E-state index contributed by atoms with van der Waals surface area (Å²) < 4.78 is 32.1. The molecule has 1 saturated heterocycles. The Labute approximate surface area is 113 Å². The van der Waals surface area contributed by atoms with Crippen molar-refractivity contribution in [3.63, 3.8) is 0 Å². The molecule has 0 bridgehead atoms. The number of nitrogens with one attached hydrogen (secondary N) is 2. The normalized spacial score (nSPS) is 19.5. The topological polar surface area (TPSA) is 80.3 Å². The molecule has 1 aliphatic heterocycles. The maximum absolute atomic E-state index is 12.1. The fourth-order valence-electron chi connectivity index (χ4n) is 2.07. The highest BCUT2D eigenvalue weighted by molar-refractivity contribution is 7.89. The van der Waals surface area contributed by atoms with Crippen LogP contribution in [-0.4, -0.2) is 40.2 Å². The second-order valence-electron chi connectivity index (χ2n) is 4.52. The van der Waals surface area contributed by atoms with Crippen molar-refractivity contribution in [1.82, 2.24) is 9.71 Å². The molecular formula is C12H19N3O3S. The van der Waals surface area contributed by atoms with E-state index in [1.807, 2.05) is 0 Å². The van der Waals surface area contributed by atoms with Gasteiger partial charge in [0.2, 0.25) is 0 Å². The molecule has 0 aliphatic carbocycles. The molecule has 0 amide bonds. The third-order valence-electron chi connectivity index (χ3n) is 3.16. The number of nitrogens with zero attached hydrogens (tertiary/aromatic N) is 1. The van der Waals surface area contributed by atoms with Gasteiger partial charge in [0.15, 0.2) is 5.03 Å². The molecule has 0 spiro atoms. The lowest BCUT2D eigenvalue weighted by molar-refractivity contribution is 0.184. The average molecular weight is 285 g/mol. The second kappa shape index (κ2) is 6.31. The van der Waals surface area contributed by atoms with Crippen LogP contribution in [0.1, 0.15) is 12.8 Å². The SMILES string of the molecule is CNc1cccnc1S(=O)(=O)NCCC1CCOC1. The quantitative estimate of drug-likeness (QED) is 0.809. The molecule has 2 rings (SSSR count). The molecule has 2 heterocycles. The standard InChI is InChI=1S/C12H19N3O3S/c1-13-11-3-2-6-14-12(11)19(16,17)15-7-4-10-5-8-18-9-10/h2-3,6,10,13,15H,4-5,7-9H2,1H3. The summed E-state index contributed by atoms with van der Waals surface area (Å²) in [5.41, 5.74) is 0.499. The van der Waals surface area contributed by atoms with Crippen LogP contribution in [-0.2, 0) is 14.8 Å². The Balaban J connectivity index is 1.97. The summed E-state index contributed by atoms with van der Waals surface area (Å²) in [6, 6.07) is 3.38. The Morgan fingerprint density at radius 1 is 1.53 bits per heavy atom. The molecule has 1 fully saturated rings. The number of hydrogen-bond acceptors (Lipinski definition) is 5. The number of hydrogen-bond donors (Lipinski definition) is 2. The van der Waals surface area contributed by atoms with Gasteiger partial charge in [0.25, 0.3) is 10.0 Å². The van der Waals surface area contributed by atoms with Gasteiger partial charge in [-0.25, -0.2) is 18.1 Å². The van der Waals surface area contributed by atoms with Crippen molar-refractivity contribution in [2.75, 3.05) is 32.1 Å². The fraction of sp³-hybridized carbons (Fsp3) is 0.583.